The number of fused-ring (bicyclic) bond motifs is 1. The predicted octanol–water partition coefficient (Wildman–Crippen LogP) is 4.33. The van der Waals surface area contributed by atoms with E-state index in [1.54, 1.807) is 0 Å². The largest absolute Gasteiger partial charge is 0.348 e. The molecule has 4 rings (SSSR count). The summed E-state index contributed by atoms with van der Waals surface area (Å²) in [7, 11) is 0. The molecule has 0 aliphatic rings. The van der Waals surface area contributed by atoms with Gasteiger partial charge in [0.1, 0.15) is 5.82 Å². The summed E-state index contributed by atoms with van der Waals surface area (Å²) in [5, 5.41) is 0. The number of nitrogens with one attached hydrogen (secondary N) is 1. The van der Waals surface area contributed by atoms with Gasteiger partial charge < -0.3 is 9.55 Å². The molecular formula is C18H15N3. The number of hydrogen-bond donors (Lipinski definition) is 1. The van der Waals surface area contributed by atoms with E-state index in [1.807, 2.05) is 30.7 Å². The zero-order chi connectivity index (χ0) is 14.2. The molecule has 4 aromatic rings. The Kier molecular flexibility index (Phi) is 2.64. The number of aromatic nitrogens is 3. The lowest BCUT2D eigenvalue weighted by molar-refractivity contribution is 1.07. The molecular weight excluding hydrogens is 258 g/mol. The van der Waals surface area contributed by atoms with Crippen LogP contribution in [0.1, 0.15) is 5.56 Å². The Morgan fingerprint density at radius 3 is 2.62 bits per heavy atom. The fourth-order valence-corrected chi connectivity index (χ4v) is 2.60. The topological polar surface area (TPSA) is 33.6 Å². The van der Waals surface area contributed by atoms with Gasteiger partial charge in [-0.1, -0.05) is 29.8 Å². The quantitative estimate of drug-likeness (QED) is 0.579. The molecule has 3 aromatic heterocycles. The van der Waals surface area contributed by atoms with Crippen LogP contribution in [0, 0.1) is 6.92 Å². The maximum atomic E-state index is 4.58. The van der Waals surface area contributed by atoms with Crippen molar-refractivity contribution >= 4 is 11.0 Å². The molecule has 0 radical (unpaired) electrons. The van der Waals surface area contributed by atoms with Gasteiger partial charge in [0, 0.05) is 24.2 Å². The molecule has 0 unspecified atom stereocenters. The van der Waals surface area contributed by atoms with Crippen molar-refractivity contribution in [3.05, 3.63) is 72.7 Å². The fourth-order valence-electron chi connectivity index (χ4n) is 2.60. The van der Waals surface area contributed by atoms with E-state index in [1.165, 1.54) is 11.1 Å². The molecule has 0 aliphatic carbocycles. The number of hydrogen-bond acceptors (Lipinski definition) is 1. The van der Waals surface area contributed by atoms with Crippen LogP contribution in [0.2, 0.25) is 0 Å². The van der Waals surface area contributed by atoms with Crippen molar-refractivity contribution in [2.75, 3.05) is 0 Å². The fraction of sp³-hybridized carbons (Fsp3) is 0.0556. The molecule has 0 fully saturated rings. The van der Waals surface area contributed by atoms with E-state index in [0.717, 1.165) is 22.4 Å². The molecule has 0 saturated heterocycles. The van der Waals surface area contributed by atoms with Crippen LogP contribution >= 0.6 is 0 Å². The summed E-state index contributed by atoms with van der Waals surface area (Å²) < 4.78 is 2.13. The molecule has 1 aromatic carbocycles. The highest BCUT2D eigenvalue weighted by Gasteiger charge is 2.07. The maximum absolute atomic E-state index is 4.58. The molecule has 102 valence electrons. The van der Waals surface area contributed by atoms with Crippen LogP contribution in [0.4, 0.5) is 0 Å². The Labute approximate surface area is 122 Å². The molecule has 3 heterocycles. The van der Waals surface area contributed by atoms with Gasteiger partial charge in [-0.05, 0) is 36.8 Å². The molecule has 0 amide bonds. The normalized spacial score (nSPS) is 11.1. The highest BCUT2D eigenvalue weighted by atomic mass is 15.1. The van der Waals surface area contributed by atoms with Gasteiger partial charge in [-0.15, -0.1) is 0 Å². The third-order valence-corrected chi connectivity index (χ3v) is 3.76. The number of rotatable bonds is 2. The van der Waals surface area contributed by atoms with Gasteiger partial charge in [-0.3, -0.25) is 4.98 Å². The monoisotopic (exact) mass is 273 g/mol. The molecule has 21 heavy (non-hydrogen) atoms. The van der Waals surface area contributed by atoms with Gasteiger partial charge in [-0.25, -0.2) is 0 Å². The summed E-state index contributed by atoms with van der Waals surface area (Å²) in [6.07, 6.45) is 5.91. The van der Waals surface area contributed by atoms with E-state index in [4.69, 9.17) is 0 Å². The molecule has 0 bridgehead atoms. The van der Waals surface area contributed by atoms with Crippen LogP contribution in [0.5, 0.6) is 0 Å². The third kappa shape index (κ3) is 2.03. The summed E-state index contributed by atoms with van der Waals surface area (Å²) >= 11 is 0. The van der Waals surface area contributed by atoms with Gasteiger partial charge in [0.15, 0.2) is 0 Å². The third-order valence-electron chi connectivity index (χ3n) is 3.76. The highest BCUT2D eigenvalue weighted by Crippen LogP contribution is 2.25. The van der Waals surface area contributed by atoms with Crippen molar-refractivity contribution in [3.63, 3.8) is 0 Å². The molecule has 0 atom stereocenters. The zero-order valence-electron chi connectivity index (χ0n) is 11.7. The summed E-state index contributed by atoms with van der Waals surface area (Å²) in [4.78, 5) is 7.81. The van der Waals surface area contributed by atoms with E-state index < -0.39 is 0 Å². The van der Waals surface area contributed by atoms with Crippen molar-refractivity contribution in [1.29, 1.82) is 0 Å². The zero-order valence-corrected chi connectivity index (χ0v) is 11.7. The predicted molar refractivity (Wildman–Crippen MR) is 85.6 cm³/mol. The first kappa shape index (κ1) is 12.0. The minimum Gasteiger partial charge on any atom is -0.348 e. The van der Waals surface area contributed by atoms with Crippen LogP contribution < -0.4 is 0 Å². The van der Waals surface area contributed by atoms with Crippen LogP contribution in [0.25, 0.3) is 28.0 Å². The summed E-state index contributed by atoms with van der Waals surface area (Å²) in [5.74, 6) is 1.05. The number of benzene rings is 1. The smallest absolute Gasteiger partial charge is 0.114 e. The van der Waals surface area contributed by atoms with Gasteiger partial charge in [-0.2, -0.15) is 0 Å². The molecule has 0 saturated carbocycles. The van der Waals surface area contributed by atoms with E-state index >= 15 is 0 Å². The molecule has 1 N–H and O–H groups in total. The number of pyridine rings is 1. The Morgan fingerprint density at radius 1 is 1.00 bits per heavy atom. The first-order valence-electron chi connectivity index (χ1n) is 6.99. The summed E-state index contributed by atoms with van der Waals surface area (Å²) in [6.45, 7) is 2.10. The first-order valence-corrected chi connectivity index (χ1v) is 6.99. The Hall–Kier alpha value is -2.81. The number of aromatic amines is 1. The second-order valence-corrected chi connectivity index (χ2v) is 5.24. The van der Waals surface area contributed by atoms with Crippen molar-refractivity contribution in [2.24, 2.45) is 0 Å². The van der Waals surface area contributed by atoms with Crippen molar-refractivity contribution in [3.8, 4) is 16.9 Å². The second-order valence-electron chi connectivity index (χ2n) is 5.24. The van der Waals surface area contributed by atoms with Crippen LogP contribution in [0.15, 0.2) is 67.1 Å². The van der Waals surface area contributed by atoms with Gasteiger partial charge in [0.25, 0.3) is 0 Å². The average molecular weight is 273 g/mol. The molecule has 0 aliphatic heterocycles. The maximum Gasteiger partial charge on any atom is 0.114 e. The van der Waals surface area contributed by atoms with E-state index in [2.05, 4.69) is 57.9 Å². The highest BCUT2D eigenvalue weighted by molar-refractivity contribution is 5.82. The van der Waals surface area contributed by atoms with Crippen molar-refractivity contribution in [1.82, 2.24) is 14.5 Å². The van der Waals surface area contributed by atoms with Crippen LogP contribution in [-0.2, 0) is 0 Å². The van der Waals surface area contributed by atoms with Gasteiger partial charge in [0.05, 0.1) is 11.0 Å². The minimum atomic E-state index is 1.00. The standard InChI is InChI=1S/C18H15N3/c1-13-4-6-14(7-5-13)15-11-17-16(20-12-15)8-10-21(17)18-3-2-9-19-18/h2-12,19H,1H3. The van der Waals surface area contributed by atoms with Gasteiger partial charge >= 0.3 is 0 Å². The van der Waals surface area contributed by atoms with E-state index in [9.17, 15) is 0 Å². The number of nitrogens with zero attached hydrogens (tertiary/aromatic N) is 2. The van der Waals surface area contributed by atoms with E-state index in [-0.39, 0.29) is 0 Å². The second kappa shape index (κ2) is 4.63. The molecule has 3 nitrogen and oxygen atoms in total. The van der Waals surface area contributed by atoms with Crippen LogP contribution in [0.3, 0.4) is 0 Å². The van der Waals surface area contributed by atoms with Crippen LogP contribution in [-0.4, -0.2) is 14.5 Å². The lowest BCUT2D eigenvalue weighted by Crippen LogP contribution is -1.92. The van der Waals surface area contributed by atoms with E-state index in [0.29, 0.717) is 0 Å². The number of aryl methyl sites for hydroxylation is 1. The lowest BCUT2D eigenvalue weighted by atomic mass is 10.1. The van der Waals surface area contributed by atoms with Gasteiger partial charge in [0.2, 0.25) is 0 Å². The Balaban J connectivity index is 1.89. The SMILES string of the molecule is Cc1ccc(-c2cnc3ccn(-c4ccc[nH]4)c3c2)cc1. The first-order chi connectivity index (χ1) is 10.3. The number of H-pyrrole nitrogens is 1. The van der Waals surface area contributed by atoms with Crippen molar-refractivity contribution in [2.45, 2.75) is 6.92 Å². The van der Waals surface area contributed by atoms with Crippen molar-refractivity contribution < 1.29 is 0 Å². The Morgan fingerprint density at radius 2 is 1.86 bits per heavy atom. The lowest BCUT2D eigenvalue weighted by Gasteiger charge is -2.05. The average Bonchev–Trinajstić information content (AvgIpc) is 3.16. The Bertz CT molecular complexity index is 884. The summed E-state index contributed by atoms with van der Waals surface area (Å²) in [6, 6.07) is 16.8. The molecule has 0 spiro atoms. The minimum absolute atomic E-state index is 1.00. The molecule has 3 heteroatoms. The summed E-state index contributed by atoms with van der Waals surface area (Å²) in [5.41, 5.74) is 5.70.